The maximum atomic E-state index is 11.8. The maximum Gasteiger partial charge on any atom is 0.411 e. The molecule has 0 unspecified atom stereocenters. The molecular formula is C11H20N2O4. The minimum atomic E-state index is -0.602. The molecule has 0 rings (SSSR count). The van der Waals surface area contributed by atoms with Gasteiger partial charge in [-0.2, -0.15) is 0 Å². The van der Waals surface area contributed by atoms with Crippen molar-refractivity contribution in [3.05, 3.63) is 0 Å². The van der Waals surface area contributed by atoms with E-state index in [-0.39, 0.29) is 13.1 Å². The quantitative estimate of drug-likeness (QED) is 0.548. The molecule has 0 radical (unpaired) electrons. The van der Waals surface area contributed by atoms with E-state index >= 15 is 0 Å². The second kappa shape index (κ2) is 6.88. The van der Waals surface area contributed by atoms with Crippen LogP contribution in [0.25, 0.3) is 0 Å². The van der Waals surface area contributed by atoms with E-state index in [0.717, 1.165) is 0 Å². The third-order valence-electron chi connectivity index (χ3n) is 1.68. The SMILES string of the molecule is CN=CCN(CC(=O)OC)C(=O)OC(C)(C)C. The van der Waals surface area contributed by atoms with Gasteiger partial charge in [0.1, 0.15) is 12.1 Å². The predicted molar refractivity (Wildman–Crippen MR) is 64.2 cm³/mol. The highest BCUT2D eigenvalue weighted by Crippen LogP contribution is 2.09. The number of carbonyl (C=O) groups excluding carboxylic acids is 2. The highest BCUT2D eigenvalue weighted by Gasteiger charge is 2.23. The summed E-state index contributed by atoms with van der Waals surface area (Å²) >= 11 is 0. The Kier molecular flexibility index (Phi) is 6.23. The van der Waals surface area contributed by atoms with Crippen LogP contribution in [0, 0.1) is 0 Å². The molecule has 0 aromatic rings. The Balaban J connectivity index is 4.55. The zero-order valence-electron chi connectivity index (χ0n) is 11.0. The first-order valence-electron chi connectivity index (χ1n) is 5.25. The van der Waals surface area contributed by atoms with E-state index in [0.29, 0.717) is 0 Å². The smallest absolute Gasteiger partial charge is 0.411 e. The van der Waals surface area contributed by atoms with E-state index in [9.17, 15) is 9.59 Å². The van der Waals surface area contributed by atoms with Crippen LogP contribution in [0.1, 0.15) is 20.8 Å². The Morgan fingerprint density at radius 1 is 1.35 bits per heavy atom. The fourth-order valence-corrected chi connectivity index (χ4v) is 0.931. The molecule has 6 nitrogen and oxygen atoms in total. The number of methoxy groups -OCH3 is 1. The number of hydrogen-bond acceptors (Lipinski definition) is 5. The number of carbonyl (C=O) groups is 2. The first-order valence-corrected chi connectivity index (χ1v) is 5.25. The molecule has 0 aromatic carbocycles. The summed E-state index contributed by atoms with van der Waals surface area (Å²) in [6.07, 6.45) is 0.954. The number of esters is 1. The van der Waals surface area contributed by atoms with Crippen LogP contribution in [0.15, 0.2) is 4.99 Å². The van der Waals surface area contributed by atoms with E-state index in [1.807, 2.05) is 0 Å². The van der Waals surface area contributed by atoms with Crippen molar-refractivity contribution in [2.75, 3.05) is 27.2 Å². The number of amides is 1. The van der Waals surface area contributed by atoms with Gasteiger partial charge in [-0.05, 0) is 20.8 Å². The lowest BCUT2D eigenvalue weighted by molar-refractivity contribution is -0.141. The minimum Gasteiger partial charge on any atom is -0.468 e. The molecule has 0 N–H and O–H groups in total. The first-order chi connectivity index (χ1) is 7.80. The van der Waals surface area contributed by atoms with Crippen molar-refractivity contribution >= 4 is 18.3 Å². The Hall–Kier alpha value is -1.59. The monoisotopic (exact) mass is 244 g/mol. The zero-order chi connectivity index (χ0) is 13.5. The Morgan fingerprint density at radius 2 is 1.94 bits per heavy atom. The summed E-state index contributed by atoms with van der Waals surface area (Å²) in [6, 6.07) is 0. The summed E-state index contributed by atoms with van der Waals surface area (Å²) in [5.74, 6) is -0.500. The van der Waals surface area contributed by atoms with Gasteiger partial charge < -0.3 is 9.47 Å². The van der Waals surface area contributed by atoms with Crippen LogP contribution in [0.3, 0.4) is 0 Å². The fraction of sp³-hybridized carbons (Fsp3) is 0.727. The van der Waals surface area contributed by atoms with E-state index in [1.165, 1.54) is 18.2 Å². The molecule has 0 aromatic heterocycles. The van der Waals surface area contributed by atoms with Gasteiger partial charge in [-0.1, -0.05) is 0 Å². The standard InChI is InChI=1S/C11H20N2O4/c1-11(2,3)17-10(15)13(7-6-12-4)8-9(14)16-5/h6H,7-8H2,1-5H3. The van der Waals surface area contributed by atoms with Crippen LogP contribution < -0.4 is 0 Å². The third kappa shape index (κ3) is 7.32. The number of nitrogens with zero attached hydrogens (tertiary/aromatic N) is 2. The molecular weight excluding hydrogens is 224 g/mol. The minimum absolute atomic E-state index is 0.155. The number of hydrogen-bond donors (Lipinski definition) is 0. The molecule has 6 heteroatoms. The molecule has 0 spiro atoms. The second-order valence-corrected chi connectivity index (χ2v) is 4.38. The number of aliphatic imine (C=N–C) groups is 1. The number of ether oxygens (including phenoxy) is 2. The van der Waals surface area contributed by atoms with Gasteiger partial charge in [-0.25, -0.2) is 4.79 Å². The lowest BCUT2D eigenvalue weighted by Crippen LogP contribution is -2.41. The average Bonchev–Trinajstić information content (AvgIpc) is 2.21. The van der Waals surface area contributed by atoms with Gasteiger partial charge >= 0.3 is 12.1 Å². The molecule has 0 saturated heterocycles. The molecule has 0 aliphatic rings. The summed E-state index contributed by atoms with van der Waals surface area (Å²) < 4.78 is 9.67. The van der Waals surface area contributed by atoms with Crippen molar-refractivity contribution in [2.45, 2.75) is 26.4 Å². The summed E-state index contributed by atoms with van der Waals surface area (Å²) in [6.45, 7) is 5.33. The molecule has 17 heavy (non-hydrogen) atoms. The largest absolute Gasteiger partial charge is 0.468 e. The van der Waals surface area contributed by atoms with Crippen LogP contribution in [-0.2, 0) is 14.3 Å². The lowest BCUT2D eigenvalue weighted by Gasteiger charge is -2.25. The number of rotatable bonds is 4. The van der Waals surface area contributed by atoms with Crippen LogP contribution in [0.4, 0.5) is 4.79 Å². The molecule has 0 aliphatic heterocycles. The van der Waals surface area contributed by atoms with Crippen molar-refractivity contribution in [2.24, 2.45) is 4.99 Å². The molecule has 0 saturated carbocycles. The van der Waals surface area contributed by atoms with Gasteiger partial charge in [0.25, 0.3) is 0 Å². The van der Waals surface area contributed by atoms with E-state index < -0.39 is 17.7 Å². The van der Waals surface area contributed by atoms with Gasteiger partial charge in [-0.3, -0.25) is 14.7 Å². The van der Waals surface area contributed by atoms with Crippen molar-refractivity contribution in [1.82, 2.24) is 4.90 Å². The molecule has 0 atom stereocenters. The highest BCUT2D eigenvalue weighted by atomic mass is 16.6. The van der Waals surface area contributed by atoms with Gasteiger partial charge in [-0.15, -0.1) is 0 Å². The maximum absolute atomic E-state index is 11.8. The van der Waals surface area contributed by atoms with Crippen molar-refractivity contribution < 1.29 is 19.1 Å². The van der Waals surface area contributed by atoms with E-state index in [2.05, 4.69) is 9.73 Å². The predicted octanol–water partition coefficient (Wildman–Crippen LogP) is 1.10. The molecule has 0 fully saturated rings. The van der Waals surface area contributed by atoms with Crippen molar-refractivity contribution in [3.63, 3.8) is 0 Å². The molecule has 98 valence electrons. The normalized spacial score (nSPS) is 11.4. The lowest BCUT2D eigenvalue weighted by atomic mass is 10.2. The van der Waals surface area contributed by atoms with Crippen molar-refractivity contribution in [1.29, 1.82) is 0 Å². The van der Waals surface area contributed by atoms with Crippen LogP contribution in [0.5, 0.6) is 0 Å². The summed E-state index contributed by atoms with van der Waals surface area (Å²) in [7, 11) is 2.86. The Labute approximate surface area is 102 Å². The fourth-order valence-electron chi connectivity index (χ4n) is 0.931. The summed E-state index contributed by atoms with van der Waals surface area (Å²) in [4.78, 5) is 27.9. The third-order valence-corrected chi connectivity index (χ3v) is 1.68. The second-order valence-electron chi connectivity index (χ2n) is 4.38. The van der Waals surface area contributed by atoms with Gasteiger partial charge in [0.2, 0.25) is 0 Å². The molecule has 0 bridgehead atoms. The summed E-state index contributed by atoms with van der Waals surface area (Å²) in [5, 5.41) is 0. The topological polar surface area (TPSA) is 68.2 Å². The van der Waals surface area contributed by atoms with Gasteiger partial charge in [0.05, 0.1) is 13.7 Å². The average molecular weight is 244 g/mol. The van der Waals surface area contributed by atoms with E-state index in [1.54, 1.807) is 27.8 Å². The Morgan fingerprint density at radius 3 is 2.35 bits per heavy atom. The molecule has 0 aliphatic carbocycles. The van der Waals surface area contributed by atoms with Crippen LogP contribution in [0.2, 0.25) is 0 Å². The molecule has 0 heterocycles. The van der Waals surface area contributed by atoms with Crippen molar-refractivity contribution in [3.8, 4) is 0 Å². The highest BCUT2D eigenvalue weighted by molar-refractivity contribution is 5.80. The zero-order valence-corrected chi connectivity index (χ0v) is 11.0. The first kappa shape index (κ1) is 15.4. The van der Waals surface area contributed by atoms with Gasteiger partial charge in [0, 0.05) is 13.3 Å². The summed E-state index contributed by atoms with van der Waals surface area (Å²) in [5.41, 5.74) is -0.602. The van der Waals surface area contributed by atoms with E-state index in [4.69, 9.17) is 4.74 Å². The molecule has 1 amide bonds. The van der Waals surface area contributed by atoms with Crippen LogP contribution >= 0.6 is 0 Å². The van der Waals surface area contributed by atoms with Crippen LogP contribution in [-0.4, -0.2) is 56.0 Å². The Bertz CT molecular complexity index is 294. The van der Waals surface area contributed by atoms with Gasteiger partial charge in [0.15, 0.2) is 0 Å².